The van der Waals surface area contributed by atoms with Crippen molar-refractivity contribution in [1.29, 1.82) is 0 Å². The van der Waals surface area contributed by atoms with Crippen LogP contribution in [0.4, 0.5) is 5.69 Å². The zero-order valence-electron chi connectivity index (χ0n) is 11.7. The van der Waals surface area contributed by atoms with Gasteiger partial charge in [-0.2, -0.15) is 11.8 Å². The van der Waals surface area contributed by atoms with E-state index >= 15 is 0 Å². The van der Waals surface area contributed by atoms with Gasteiger partial charge in [-0.1, -0.05) is 18.2 Å². The molecule has 1 atom stereocenters. The molecule has 0 spiro atoms. The van der Waals surface area contributed by atoms with Gasteiger partial charge in [0, 0.05) is 12.2 Å². The molecular weight excluding hydrogens is 256 g/mol. The molecule has 19 heavy (non-hydrogen) atoms. The summed E-state index contributed by atoms with van der Waals surface area (Å²) in [6.07, 6.45) is 4.87. The lowest BCUT2D eigenvalue weighted by Crippen LogP contribution is -2.46. The molecule has 0 radical (unpaired) electrons. The van der Waals surface area contributed by atoms with E-state index in [1.165, 1.54) is 11.1 Å². The molecular formula is C15H22N2OS. The second kappa shape index (κ2) is 6.44. The summed E-state index contributed by atoms with van der Waals surface area (Å²) in [5.74, 6) is 1.01. The molecule has 1 amide bonds. The number of thioether (sulfide) groups is 1. The first-order valence-corrected chi connectivity index (χ1v) is 8.19. The first-order chi connectivity index (χ1) is 9.15. The number of rotatable bonds is 4. The van der Waals surface area contributed by atoms with E-state index in [1.807, 2.05) is 11.2 Å². The van der Waals surface area contributed by atoms with Gasteiger partial charge < -0.3 is 10.6 Å². The summed E-state index contributed by atoms with van der Waals surface area (Å²) >= 11 is 1.73. The zero-order chi connectivity index (χ0) is 13.8. The van der Waals surface area contributed by atoms with Crippen molar-refractivity contribution >= 4 is 23.4 Å². The lowest BCUT2D eigenvalue weighted by Gasteiger charge is -2.32. The number of para-hydroxylation sites is 1. The molecule has 1 aromatic rings. The lowest BCUT2D eigenvalue weighted by atomic mass is 9.97. The Bertz CT molecular complexity index is 461. The summed E-state index contributed by atoms with van der Waals surface area (Å²) in [6.45, 7) is 2.86. The van der Waals surface area contributed by atoms with Gasteiger partial charge in [-0.05, 0) is 49.3 Å². The summed E-state index contributed by atoms with van der Waals surface area (Å²) in [6, 6.07) is 5.88. The van der Waals surface area contributed by atoms with Crippen LogP contribution in [0.15, 0.2) is 18.2 Å². The second-order valence-corrected chi connectivity index (χ2v) is 6.05. The number of aryl methyl sites for hydroxylation is 2. The molecule has 4 heteroatoms. The van der Waals surface area contributed by atoms with Crippen molar-refractivity contribution in [3.05, 3.63) is 29.3 Å². The van der Waals surface area contributed by atoms with Crippen molar-refractivity contribution in [3.63, 3.8) is 0 Å². The number of hydrogen-bond acceptors (Lipinski definition) is 3. The Morgan fingerprint density at radius 3 is 3.05 bits per heavy atom. The van der Waals surface area contributed by atoms with Gasteiger partial charge in [0.2, 0.25) is 5.91 Å². The fraction of sp³-hybridized carbons (Fsp3) is 0.533. The van der Waals surface area contributed by atoms with Crippen molar-refractivity contribution in [2.75, 3.05) is 23.5 Å². The Hall–Kier alpha value is -1.00. The highest BCUT2D eigenvalue weighted by Crippen LogP contribution is 2.30. The minimum absolute atomic E-state index is 0.0734. The molecule has 0 saturated carbocycles. The number of fused-ring (bicyclic) bond motifs is 1. The van der Waals surface area contributed by atoms with E-state index < -0.39 is 0 Å². The van der Waals surface area contributed by atoms with Crippen LogP contribution in [0.3, 0.4) is 0 Å². The molecule has 2 rings (SSSR count). The third-order valence-corrected chi connectivity index (χ3v) is 4.28. The monoisotopic (exact) mass is 278 g/mol. The molecule has 0 unspecified atom stereocenters. The van der Waals surface area contributed by atoms with E-state index in [9.17, 15) is 4.79 Å². The van der Waals surface area contributed by atoms with Crippen LogP contribution in [0.2, 0.25) is 0 Å². The largest absolute Gasteiger partial charge is 0.320 e. The highest BCUT2D eigenvalue weighted by Gasteiger charge is 2.27. The summed E-state index contributed by atoms with van der Waals surface area (Å²) < 4.78 is 0. The Labute approximate surface area is 119 Å². The van der Waals surface area contributed by atoms with E-state index in [2.05, 4.69) is 25.1 Å². The van der Waals surface area contributed by atoms with Crippen LogP contribution < -0.4 is 10.6 Å². The van der Waals surface area contributed by atoms with E-state index in [4.69, 9.17) is 5.73 Å². The Morgan fingerprint density at radius 1 is 1.53 bits per heavy atom. The fourth-order valence-corrected chi connectivity index (χ4v) is 3.13. The van der Waals surface area contributed by atoms with Crippen LogP contribution in [-0.2, 0) is 11.2 Å². The molecule has 1 aliphatic rings. The minimum atomic E-state index is -0.377. The maximum atomic E-state index is 12.5. The number of benzene rings is 1. The van der Waals surface area contributed by atoms with Crippen LogP contribution in [0.5, 0.6) is 0 Å². The average molecular weight is 278 g/mol. The molecule has 0 fully saturated rings. The van der Waals surface area contributed by atoms with Gasteiger partial charge in [0.15, 0.2) is 0 Å². The van der Waals surface area contributed by atoms with Crippen molar-refractivity contribution in [3.8, 4) is 0 Å². The molecule has 1 aromatic carbocycles. The topological polar surface area (TPSA) is 46.3 Å². The van der Waals surface area contributed by atoms with E-state index in [-0.39, 0.29) is 11.9 Å². The summed E-state index contributed by atoms with van der Waals surface area (Å²) in [5, 5.41) is 0. The number of anilines is 1. The van der Waals surface area contributed by atoms with Crippen molar-refractivity contribution < 1.29 is 4.79 Å². The number of amides is 1. The molecule has 0 saturated heterocycles. The third kappa shape index (κ3) is 3.12. The SMILES string of the molecule is CSCC[C@H](N)C(=O)N1CCCc2cccc(C)c21. The Balaban J connectivity index is 2.21. The highest BCUT2D eigenvalue weighted by atomic mass is 32.2. The zero-order valence-corrected chi connectivity index (χ0v) is 12.5. The van der Waals surface area contributed by atoms with E-state index in [0.29, 0.717) is 0 Å². The maximum Gasteiger partial charge on any atom is 0.243 e. The van der Waals surface area contributed by atoms with Gasteiger partial charge in [-0.25, -0.2) is 0 Å². The van der Waals surface area contributed by atoms with Gasteiger partial charge in [0.25, 0.3) is 0 Å². The van der Waals surface area contributed by atoms with Crippen molar-refractivity contribution in [2.24, 2.45) is 5.73 Å². The van der Waals surface area contributed by atoms with Gasteiger partial charge in [0.05, 0.1) is 6.04 Å². The first kappa shape index (κ1) is 14.4. The second-order valence-electron chi connectivity index (χ2n) is 5.06. The average Bonchev–Trinajstić information content (AvgIpc) is 2.43. The molecule has 2 N–H and O–H groups in total. The van der Waals surface area contributed by atoms with Crippen LogP contribution >= 0.6 is 11.8 Å². The summed E-state index contributed by atoms with van der Waals surface area (Å²) in [5.41, 5.74) is 9.58. The van der Waals surface area contributed by atoms with E-state index in [0.717, 1.165) is 37.2 Å². The normalized spacial score (nSPS) is 16.1. The molecule has 1 aliphatic heterocycles. The highest BCUT2D eigenvalue weighted by molar-refractivity contribution is 7.98. The fourth-order valence-electron chi connectivity index (χ4n) is 2.64. The van der Waals surface area contributed by atoms with Gasteiger partial charge in [-0.3, -0.25) is 4.79 Å². The van der Waals surface area contributed by atoms with Gasteiger partial charge >= 0.3 is 0 Å². The quantitative estimate of drug-likeness (QED) is 0.919. The number of carbonyl (C=O) groups excluding carboxylic acids is 1. The standard InChI is InChI=1S/C15H22N2OS/c1-11-5-3-6-12-7-4-9-17(14(11)12)15(18)13(16)8-10-19-2/h3,5-6,13H,4,7-10,16H2,1-2H3/t13-/m0/s1. The molecule has 3 nitrogen and oxygen atoms in total. The smallest absolute Gasteiger partial charge is 0.243 e. The molecule has 0 aromatic heterocycles. The Morgan fingerprint density at radius 2 is 2.32 bits per heavy atom. The summed E-state index contributed by atoms with van der Waals surface area (Å²) in [7, 11) is 0. The predicted octanol–water partition coefficient (Wildman–Crippen LogP) is 2.35. The van der Waals surface area contributed by atoms with Gasteiger partial charge in [0.1, 0.15) is 0 Å². The minimum Gasteiger partial charge on any atom is -0.320 e. The van der Waals surface area contributed by atoms with E-state index in [1.54, 1.807) is 11.8 Å². The van der Waals surface area contributed by atoms with Crippen LogP contribution in [0.1, 0.15) is 24.0 Å². The number of nitrogens with two attached hydrogens (primary N) is 1. The number of nitrogens with zero attached hydrogens (tertiary/aromatic N) is 1. The number of carbonyl (C=O) groups is 1. The molecule has 0 bridgehead atoms. The lowest BCUT2D eigenvalue weighted by molar-refractivity contribution is -0.120. The van der Waals surface area contributed by atoms with Crippen molar-refractivity contribution in [1.82, 2.24) is 0 Å². The predicted molar refractivity (Wildman–Crippen MR) is 82.8 cm³/mol. The molecule has 0 aliphatic carbocycles. The summed E-state index contributed by atoms with van der Waals surface area (Å²) in [4.78, 5) is 14.4. The van der Waals surface area contributed by atoms with Crippen LogP contribution in [-0.4, -0.2) is 30.5 Å². The van der Waals surface area contributed by atoms with Crippen molar-refractivity contribution in [2.45, 2.75) is 32.2 Å². The van der Waals surface area contributed by atoms with Gasteiger partial charge in [-0.15, -0.1) is 0 Å². The molecule has 1 heterocycles. The molecule has 104 valence electrons. The maximum absolute atomic E-state index is 12.5. The first-order valence-electron chi connectivity index (χ1n) is 6.79. The number of hydrogen-bond donors (Lipinski definition) is 1. The van der Waals surface area contributed by atoms with Crippen LogP contribution in [0, 0.1) is 6.92 Å². The third-order valence-electron chi connectivity index (χ3n) is 3.64. The van der Waals surface area contributed by atoms with Crippen LogP contribution in [0.25, 0.3) is 0 Å². The Kier molecular flexibility index (Phi) is 4.88.